The molecule has 3 aromatic rings. The van der Waals surface area contributed by atoms with Gasteiger partial charge in [-0.05, 0) is 50.1 Å². The Hall–Kier alpha value is -2.60. The van der Waals surface area contributed by atoms with Gasteiger partial charge in [-0.2, -0.15) is 0 Å². The molecule has 1 fully saturated rings. The van der Waals surface area contributed by atoms with Gasteiger partial charge in [0.1, 0.15) is 11.6 Å². The number of aromatic nitrogens is 3. The number of benzene rings is 2. The Balaban J connectivity index is 1.59. The summed E-state index contributed by atoms with van der Waals surface area (Å²) in [4.78, 5) is 16.5. The van der Waals surface area contributed by atoms with Gasteiger partial charge in [-0.15, -0.1) is 5.10 Å². The van der Waals surface area contributed by atoms with Crippen LogP contribution in [0.2, 0.25) is 0 Å². The molecule has 5 nitrogen and oxygen atoms in total. The van der Waals surface area contributed by atoms with Crippen LogP contribution in [0.3, 0.4) is 0 Å². The molecule has 1 saturated carbocycles. The summed E-state index contributed by atoms with van der Waals surface area (Å²) in [5.41, 5.74) is 2.70. The molecule has 1 aliphatic rings. The van der Waals surface area contributed by atoms with Crippen LogP contribution in [0.4, 0.5) is 0 Å². The van der Waals surface area contributed by atoms with Gasteiger partial charge in [0.25, 0.3) is 0 Å². The van der Waals surface area contributed by atoms with Crippen LogP contribution in [0.1, 0.15) is 47.4 Å². The van der Waals surface area contributed by atoms with Crippen LogP contribution in [-0.4, -0.2) is 27.7 Å². The molecule has 6 heteroatoms. The highest BCUT2D eigenvalue weighted by Gasteiger charge is 2.30. The zero-order valence-electron chi connectivity index (χ0n) is 15.4. The van der Waals surface area contributed by atoms with Gasteiger partial charge in [0, 0.05) is 22.8 Å². The maximum absolute atomic E-state index is 11.7. The second-order valence-corrected chi connectivity index (χ2v) is 7.59. The lowest BCUT2D eigenvalue weighted by atomic mass is 10.1. The van der Waals surface area contributed by atoms with Crippen molar-refractivity contribution < 1.29 is 9.53 Å². The van der Waals surface area contributed by atoms with E-state index in [4.69, 9.17) is 14.8 Å². The Morgan fingerprint density at radius 2 is 2.00 bits per heavy atom. The molecule has 0 aliphatic heterocycles. The van der Waals surface area contributed by atoms with E-state index in [2.05, 4.69) is 0 Å². The molecule has 0 unspecified atom stereocenters. The Morgan fingerprint density at radius 1 is 1.22 bits per heavy atom. The van der Waals surface area contributed by atoms with E-state index in [1.165, 1.54) is 12.8 Å². The first-order chi connectivity index (χ1) is 13.2. The number of nitrogens with zero attached hydrogens (tertiary/aromatic N) is 3. The van der Waals surface area contributed by atoms with Crippen molar-refractivity contribution in [2.45, 2.75) is 36.6 Å². The fourth-order valence-corrected chi connectivity index (χ4v) is 3.79. The van der Waals surface area contributed by atoms with E-state index in [1.54, 1.807) is 31.9 Å². The quantitative estimate of drug-likeness (QED) is 0.442. The van der Waals surface area contributed by atoms with Gasteiger partial charge in [-0.25, -0.2) is 9.67 Å². The standard InChI is InChI=1S/C21H21N3O2S/c1-14(25)16-10-11-19(26-2)17(12-16)13-27-21-22-20(15-8-9-15)24(23-21)18-6-4-3-5-7-18/h3-7,10-12,15H,8-9,13H2,1-2H3. The Labute approximate surface area is 162 Å². The summed E-state index contributed by atoms with van der Waals surface area (Å²) < 4.78 is 7.41. The molecule has 2 aromatic carbocycles. The molecular weight excluding hydrogens is 358 g/mol. The minimum Gasteiger partial charge on any atom is -0.496 e. The minimum atomic E-state index is 0.0476. The predicted molar refractivity (Wildman–Crippen MR) is 106 cm³/mol. The number of rotatable bonds is 7. The number of carbonyl (C=O) groups is 1. The van der Waals surface area contributed by atoms with Gasteiger partial charge in [-0.3, -0.25) is 4.79 Å². The fraction of sp³-hybridized carbons (Fsp3) is 0.286. The summed E-state index contributed by atoms with van der Waals surface area (Å²) in [6.07, 6.45) is 2.34. The number of Topliss-reactive ketones (excluding diaryl/α,β-unsaturated/α-hetero) is 1. The second kappa shape index (κ2) is 7.56. The highest BCUT2D eigenvalue weighted by molar-refractivity contribution is 7.98. The number of thioether (sulfide) groups is 1. The SMILES string of the molecule is COc1ccc(C(C)=O)cc1CSc1nc(C2CC2)n(-c2ccccc2)n1. The lowest BCUT2D eigenvalue weighted by Crippen LogP contribution is -2.01. The Morgan fingerprint density at radius 3 is 2.67 bits per heavy atom. The van der Waals surface area contributed by atoms with Crippen molar-refractivity contribution in [3.8, 4) is 11.4 Å². The molecule has 1 aromatic heterocycles. The van der Waals surface area contributed by atoms with Crippen molar-refractivity contribution in [3.05, 3.63) is 65.5 Å². The normalized spacial score (nSPS) is 13.6. The number of hydrogen-bond donors (Lipinski definition) is 0. The Bertz CT molecular complexity index is 965. The number of hydrogen-bond acceptors (Lipinski definition) is 5. The van der Waals surface area contributed by atoms with E-state index in [-0.39, 0.29) is 5.78 Å². The molecule has 1 aliphatic carbocycles. The van der Waals surface area contributed by atoms with Gasteiger partial charge in [-0.1, -0.05) is 30.0 Å². The largest absolute Gasteiger partial charge is 0.496 e. The van der Waals surface area contributed by atoms with Crippen LogP contribution in [0, 0.1) is 0 Å². The average molecular weight is 379 g/mol. The van der Waals surface area contributed by atoms with E-state index in [0.29, 0.717) is 17.2 Å². The first kappa shape index (κ1) is 17.8. The van der Waals surface area contributed by atoms with E-state index in [0.717, 1.165) is 28.0 Å². The third kappa shape index (κ3) is 3.90. The highest BCUT2D eigenvalue weighted by atomic mass is 32.2. The average Bonchev–Trinajstić information content (AvgIpc) is 3.46. The van der Waals surface area contributed by atoms with Gasteiger partial charge >= 0.3 is 0 Å². The van der Waals surface area contributed by atoms with Crippen LogP contribution in [-0.2, 0) is 5.75 Å². The second-order valence-electron chi connectivity index (χ2n) is 6.65. The summed E-state index contributed by atoms with van der Waals surface area (Å²) in [5.74, 6) is 3.01. The molecular formula is C21H21N3O2S. The monoisotopic (exact) mass is 379 g/mol. The van der Waals surface area contributed by atoms with Crippen LogP contribution >= 0.6 is 11.8 Å². The summed E-state index contributed by atoms with van der Waals surface area (Å²) in [7, 11) is 1.64. The number of ether oxygens (including phenoxy) is 1. The molecule has 27 heavy (non-hydrogen) atoms. The first-order valence-corrected chi connectivity index (χ1v) is 9.97. The van der Waals surface area contributed by atoms with Gasteiger partial charge in [0.2, 0.25) is 5.16 Å². The van der Waals surface area contributed by atoms with Crippen LogP contribution < -0.4 is 4.74 Å². The van der Waals surface area contributed by atoms with Crippen molar-refractivity contribution in [3.63, 3.8) is 0 Å². The molecule has 138 valence electrons. The topological polar surface area (TPSA) is 57.0 Å². The maximum Gasteiger partial charge on any atom is 0.209 e. The number of ketones is 1. The summed E-state index contributed by atoms with van der Waals surface area (Å²) in [5, 5.41) is 5.48. The highest BCUT2D eigenvalue weighted by Crippen LogP contribution is 2.40. The van der Waals surface area contributed by atoms with Crippen LogP contribution in [0.15, 0.2) is 53.7 Å². The molecule has 1 heterocycles. The summed E-state index contributed by atoms with van der Waals surface area (Å²) in [6, 6.07) is 15.7. The van der Waals surface area contributed by atoms with Gasteiger partial charge in [0.15, 0.2) is 5.78 Å². The van der Waals surface area contributed by atoms with Crippen LogP contribution in [0.25, 0.3) is 5.69 Å². The van der Waals surface area contributed by atoms with Crippen molar-refractivity contribution >= 4 is 17.5 Å². The predicted octanol–water partition coefficient (Wildman–Crippen LogP) is 4.65. The van der Waals surface area contributed by atoms with Gasteiger partial charge in [0.05, 0.1) is 12.8 Å². The molecule has 0 bridgehead atoms. The summed E-state index contributed by atoms with van der Waals surface area (Å²) >= 11 is 1.56. The van der Waals surface area contributed by atoms with E-state index in [9.17, 15) is 4.79 Å². The maximum atomic E-state index is 11.7. The third-order valence-corrected chi connectivity index (χ3v) is 5.49. The van der Waals surface area contributed by atoms with Crippen molar-refractivity contribution in [1.29, 1.82) is 0 Å². The number of methoxy groups -OCH3 is 1. The molecule has 0 spiro atoms. The molecule has 0 saturated heterocycles. The Kier molecular flexibility index (Phi) is 4.99. The van der Waals surface area contributed by atoms with Crippen molar-refractivity contribution in [2.24, 2.45) is 0 Å². The minimum absolute atomic E-state index is 0.0476. The molecule has 4 rings (SSSR count). The van der Waals surface area contributed by atoms with Crippen LogP contribution in [0.5, 0.6) is 5.75 Å². The molecule has 0 atom stereocenters. The van der Waals surface area contributed by atoms with E-state index < -0.39 is 0 Å². The number of carbonyl (C=O) groups excluding carboxylic acids is 1. The first-order valence-electron chi connectivity index (χ1n) is 8.98. The van der Waals surface area contributed by atoms with Crippen molar-refractivity contribution in [1.82, 2.24) is 14.8 Å². The lowest BCUT2D eigenvalue weighted by molar-refractivity contribution is 0.101. The smallest absolute Gasteiger partial charge is 0.209 e. The zero-order valence-corrected chi connectivity index (χ0v) is 16.2. The summed E-state index contributed by atoms with van der Waals surface area (Å²) in [6.45, 7) is 1.57. The molecule has 0 radical (unpaired) electrons. The lowest BCUT2D eigenvalue weighted by Gasteiger charge is -2.08. The number of para-hydroxylation sites is 1. The molecule has 0 N–H and O–H groups in total. The third-order valence-electron chi connectivity index (χ3n) is 4.60. The fourth-order valence-electron chi connectivity index (χ4n) is 2.98. The van der Waals surface area contributed by atoms with E-state index >= 15 is 0 Å². The zero-order chi connectivity index (χ0) is 18.8. The van der Waals surface area contributed by atoms with Crippen molar-refractivity contribution in [2.75, 3.05) is 7.11 Å². The van der Waals surface area contributed by atoms with Gasteiger partial charge < -0.3 is 4.74 Å². The van der Waals surface area contributed by atoms with E-state index in [1.807, 2.05) is 47.1 Å². The molecule has 0 amide bonds.